The maximum Gasteiger partial charge on any atom is 0.255 e. The Morgan fingerprint density at radius 1 is 1.40 bits per heavy atom. The Morgan fingerprint density at radius 2 is 2.23 bits per heavy atom. The van der Waals surface area contributed by atoms with Crippen molar-refractivity contribution in [2.24, 2.45) is 0 Å². The quantitative estimate of drug-likeness (QED) is 0.738. The van der Waals surface area contributed by atoms with Gasteiger partial charge in [0.1, 0.15) is 11.3 Å². The summed E-state index contributed by atoms with van der Waals surface area (Å²) in [6.45, 7) is 10.7. The summed E-state index contributed by atoms with van der Waals surface area (Å²) in [5, 5.41) is 3.03. The van der Waals surface area contributed by atoms with E-state index >= 15 is 0 Å². The number of rotatable bonds is 4. The highest BCUT2D eigenvalue weighted by Gasteiger charge is 2.36. The number of ether oxygens (including phenoxy) is 1. The molecular weight excluding hydrogens is 384 g/mol. The van der Waals surface area contributed by atoms with E-state index in [-0.39, 0.29) is 23.4 Å². The molecule has 160 valence electrons. The van der Waals surface area contributed by atoms with E-state index in [9.17, 15) is 9.59 Å². The van der Waals surface area contributed by atoms with E-state index in [0.29, 0.717) is 48.8 Å². The van der Waals surface area contributed by atoms with Crippen molar-refractivity contribution >= 4 is 28.8 Å². The predicted octanol–water partition coefficient (Wildman–Crippen LogP) is 1.48. The molecular formula is C21H28N6O3. The number of anilines is 1. The zero-order chi connectivity index (χ0) is 21.3. The lowest BCUT2D eigenvalue weighted by Gasteiger charge is -2.47. The van der Waals surface area contributed by atoms with Gasteiger partial charge in [-0.25, -0.2) is 9.97 Å². The molecule has 0 aliphatic carbocycles. The molecule has 0 saturated carbocycles. The van der Waals surface area contributed by atoms with Crippen molar-refractivity contribution in [3.05, 3.63) is 30.6 Å². The molecule has 2 saturated heterocycles. The standard InChI is InChI=1S/C21H28N6O3/c1-4-17(28)27-8-7-26(13-21(27,2)3)16-11-23-19-18(25-16)15(10-22-19)20(29)24-14-6-5-9-30-12-14/h4,10-11,14H,1,5-9,12-13H2,2-3H3,(H,22,23)(H,24,29). The molecule has 1 unspecified atom stereocenters. The number of fused-ring (bicyclic) bond motifs is 1. The first kappa shape index (κ1) is 20.3. The summed E-state index contributed by atoms with van der Waals surface area (Å²) in [4.78, 5) is 41.1. The summed E-state index contributed by atoms with van der Waals surface area (Å²) < 4.78 is 5.45. The van der Waals surface area contributed by atoms with Gasteiger partial charge < -0.3 is 24.8 Å². The Balaban J connectivity index is 1.55. The second kappa shape index (κ2) is 8.06. The second-order valence-corrected chi connectivity index (χ2v) is 8.44. The molecule has 2 aliphatic heterocycles. The highest BCUT2D eigenvalue weighted by Crippen LogP contribution is 2.26. The van der Waals surface area contributed by atoms with Crippen LogP contribution in [0.2, 0.25) is 0 Å². The SMILES string of the molecule is C=CC(=O)N1CCN(c2cnc3[nH]cc(C(=O)NC4CCCOC4)c3n2)CC1(C)C. The minimum absolute atomic E-state index is 0.0172. The van der Waals surface area contributed by atoms with Crippen LogP contribution in [0.4, 0.5) is 5.82 Å². The lowest BCUT2D eigenvalue weighted by Crippen LogP contribution is -2.61. The number of carbonyl (C=O) groups is 2. The number of amides is 2. The van der Waals surface area contributed by atoms with Crippen LogP contribution in [0.1, 0.15) is 37.0 Å². The minimum Gasteiger partial charge on any atom is -0.379 e. The van der Waals surface area contributed by atoms with E-state index in [1.54, 1.807) is 12.4 Å². The molecule has 2 aliphatic rings. The summed E-state index contributed by atoms with van der Waals surface area (Å²) in [7, 11) is 0. The Kier molecular flexibility index (Phi) is 5.46. The Labute approximate surface area is 175 Å². The maximum absolute atomic E-state index is 12.8. The third-order valence-electron chi connectivity index (χ3n) is 5.77. The van der Waals surface area contributed by atoms with E-state index in [4.69, 9.17) is 9.72 Å². The molecule has 2 N–H and O–H groups in total. The minimum atomic E-state index is -0.376. The molecule has 4 heterocycles. The molecule has 0 aromatic carbocycles. The summed E-state index contributed by atoms with van der Waals surface area (Å²) in [5.74, 6) is 0.443. The molecule has 2 fully saturated rings. The molecule has 9 heteroatoms. The number of aromatic nitrogens is 3. The zero-order valence-corrected chi connectivity index (χ0v) is 17.5. The molecule has 2 amide bonds. The average Bonchev–Trinajstić information content (AvgIpc) is 3.16. The molecule has 9 nitrogen and oxygen atoms in total. The summed E-state index contributed by atoms with van der Waals surface area (Å²) in [6, 6.07) is 0.0172. The van der Waals surface area contributed by atoms with Crippen molar-refractivity contribution in [2.75, 3.05) is 37.7 Å². The van der Waals surface area contributed by atoms with Crippen LogP contribution in [-0.4, -0.2) is 76.1 Å². The fraction of sp³-hybridized carbons (Fsp3) is 0.524. The maximum atomic E-state index is 12.8. The monoisotopic (exact) mass is 412 g/mol. The van der Waals surface area contributed by atoms with Crippen LogP contribution >= 0.6 is 0 Å². The summed E-state index contributed by atoms with van der Waals surface area (Å²) in [5.41, 5.74) is 1.22. The number of nitrogens with one attached hydrogen (secondary N) is 2. The summed E-state index contributed by atoms with van der Waals surface area (Å²) >= 11 is 0. The van der Waals surface area contributed by atoms with Crippen molar-refractivity contribution in [3.8, 4) is 0 Å². The predicted molar refractivity (Wildman–Crippen MR) is 113 cm³/mol. The first-order chi connectivity index (χ1) is 14.4. The fourth-order valence-corrected chi connectivity index (χ4v) is 4.19. The number of hydrogen-bond donors (Lipinski definition) is 2. The summed E-state index contributed by atoms with van der Waals surface area (Å²) in [6.07, 6.45) is 6.56. The number of carbonyl (C=O) groups excluding carboxylic acids is 2. The van der Waals surface area contributed by atoms with E-state index in [0.717, 1.165) is 19.4 Å². The largest absolute Gasteiger partial charge is 0.379 e. The Hall–Kier alpha value is -2.94. The van der Waals surface area contributed by atoms with Crippen LogP contribution in [0.3, 0.4) is 0 Å². The van der Waals surface area contributed by atoms with E-state index < -0.39 is 0 Å². The number of nitrogens with zero attached hydrogens (tertiary/aromatic N) is 4. The number of hydrogen-bond acceptors (Lipinski definition) is 6. The molecule has 1 atom stereocenters. The van der Waals surface area contributed by atoms with Gasteiger partial charge in [0.15, 0.2) is 5.65 Å². The van der Waals surface area contributed by atoms with Gasteiger partial charge >= 0.3 is 0 Å². The van der Waals surface area contributed by atoms with Crippen molar-refractivity contribution in [2.45, 2.75) is 38.3 Å². The van der Waals surface area contributed by atoms with Crippen molar-refractivity contribution in [3.63, 3.8) is 0 Å². The lowest BCUT2D eigenvalue weighted by molar-refractivity contribution is -0.131. The van der Waals surface area contributed by atoms with Gasteiger partial charge in [-0.05, 0) is 32.8 Å². The van der Waals surface area contributed by atoms with E-state index in [1.165, 1.54) is 6.08 Å². The van der Waals surface area contributed by atoms with Crippen LogP contribution in [0.5, 0.6) is 0 Å². The van der Waals surface area contributed by atoms with E-state index in [1.807, 2.05) is 18.7 Å². The van der Waals surface area contributed by atoms with Gasteiger partial charge in [0.05, 0.1) is 29.9 Å². The van der Waals surface area contributed by atoms with Crippen molar-refractivity contribution < 1.29 is 14.3 Å². The van der Waals surface area contributed by atoms with Gasteiger partial charge in [-0.1, -0.05) is 6.58 Å². The van der Waals surface area contributed by atoms with Gasteiger partial charge in [-0.2, -0.15) is 0 Å². The topological polar surface area (TPSA) is 103 Å². The van der Waals surface area contributed by atoms with Crippen molar-refractivity contribution in [1.29, 1.82) is 0 Å². The van der Waals surface area contributed by atoms with Gasteiger partial charge in [-0.15, -0.1) is 0 Å². The molecule has 0 bridgehead atoms. The number of piperazine rings is 1. The molecule has 30 heavy (non-hydrogen) atoms. The Bertz CT molecular complexity index is 963. The fourth-order valence-electron chi connectivity index (χ4n) is 4.19. The van der Waals surface area contributed by atoms with Crippen LogP contribution in [0.25, 0.3) is 11.2 Å². The molecule has 0 radical (unpaired) electrons. The van der Waals surface area contributed by atoms with Gasteiger partial charge in [0, 0.05) is 32.4 Å². The Morgan fingerprint density at radius 3 is 2.93 bits per heavy atom. The smallest absolute Gasteiger partial charge is 0.255 e. The third kappa shape index (κ3) is 3.89. The van der Waals surface area contributed by atoms with Crippen LogP contribution < -0.4 is 10.2 Å². The lowest BCUT2D eigenvalue weighted by atomic mass is 9.98. The first-order valence-electron chi connectivity index (χ1n) is 10.3. The van der Waals surface area contributed by atoms with Gasteiger partial charge in [-0.3, -0.25) is 9.59 Å². The average molecular weight is 412 g/mol. The second-order valence-electron chi connectivity index (χ2n) is 8.44. The molecule has 4 rings (SSSR count). The first-order valence-corrected chi connectivity index (χ1v) is 10.3. The van der Waals surface area contributed by atoms with Crippen molar-refractivity contribution in [1.82, 2.24) is 25.2 Å². The molecule has 2 aromatic heterocycles. The molecule has 2 aromatic rings. The zero-order valence-electron chi connectivity index (χ0n) is 17.5. The number of aromatic amines is 1. The third-order valence-corrected chi connectivity index (χ3v) is 5.77. The van der Waals surface area contributed by atoms with E-state index in [2.05, 4.69) is 26.8 Å². The van der Waals surface area contributed by atoms with Gasteiger partial charge in [0.25, 0.3) is 5.91 Å². The van der Waals surface area contributed by atoms with Crippen LogP contribution in [-0.2, 0) is 9.53 Å². The number of H-pyrrole nitrogens is 1. The van der Waals surface area contributed by atoms with Crippen LogP contribution in [0, 0.1) is 0 Å². The molecule has 0 spiro atoms. The highest BCUT2D eigenvalue weighted by molar-refractivity contribution is 6.04. The highest BCUT2D eigenvalue weighted by atomic mass is 16.5. The van der Waals surface area contributed by atoms with Gasteiger partial charge in [0.2, 0.25) is 5.91 Å². The van der Waals surface area contributed by atoms with Crippen LogP contribution in [0.15, 0.2) is 25.0 Å². The normalized spacial score (nSPS) is 21.5.